The minimum absolute atomic E-state index is 0.178. The molecule has 0 N–H and O–H groups in total. The summed E-state index contributed by atoms with van der Waals surface area (Å²) in [4.78, 5) is 0. The number of rotatable bonds is 6. The first-order chi connectivity index (χ1) is 7.02. The largest absolute Gasteiger partial charge is 0.378 e. The quantitative estimate of drug-likeness (QED) is 0.639. The van der Waals surface area contributed by atoms with Crippen molar-refractivity contribution in [3.63, 3.8) is 0 Å². The van der Waals surface area contributed by atoms with Crippen LogP contribution in [-0.4, -0.2) is 31.7 Å². The van der Waals surface area contributed by atoms with Crippen molar-refractivity contribution in [1.82, 2.24) is 0 Å². The second-order valence-corrected chi connectivity index (χ2v) is 4.58. The Morgan fingerprint density at radius 3 is 2.00 bits per heavy atom. The van der Waals surface area contributed by atoms with Gasteiger partial charge in [0.05, 0.1) is 5.60 Å². The molecule has 0 aromatic rings. The fourth-order valence-corrected chi connectivity index (χ4v) is 2.42. The van der Waals surface area contributed by atoms with Crippen molar-refractivity contribution >= 4 is 0 Å². The molecule has 0 bridgehead atoms. The highest BCUT2D eigenvalue weighted by Crippen LogP contribution is 2.49. The molecule has 1 aliphatic rings. The van der Waals surface area contributed by atoms with Crippen molar-refractivity contribution < 1.29 is 14.2 Å². The maximum atomic E-state index is 5.80. The van der Waals surface area contributed by atoms with Crippen LogP contribution in [0.5, 0.6) is 0 Å². The number of hydrogen-bond acceptors (Lipinski definition) is 3. The average Bonchev–Trinajstić information content (AvgIpc) is 2.15. The van der Waals surface area contributed by atoms with Crippen LogP contribution in [0.25, 0.3) is 0 Å². The second-order valence-electron chi connectivity index (χ2n) is 4.58. The molecule has 1 saturated carbocycles. The van der Waals surface area contributed by atoms with Crippen LogP contribution in [0.3, 0.4) is 0 Å². The molecule has 1 atom stereocenters. The molecule has 0 spiro atoms. The van der Waals surface area contributed by atoms with Gasteiger partial charge in [-0.3, -0.25) is 0 Å². The summed E-state index contributed by atoms with van der Waals surface area (Å²) in [6, 6.07) is 0. The van der Waals surface area contributed by atoms with Gasteiger partial charge in [-0.1, -0.05) is 0 Å². The molecule has 0 aromatic heterocycles. The smallest absolute Gasteiger partial charge is 0.173 e. The van der Waals surface area contributed by atoms with Crippen molar-refractivity contribution in [2.24, 2.45) is 5.92 Å². The van der Waals surface area contributed by atoms with E-state index in [-0.39, 0.29) is 5.60 Å². The first kappa shape index (κ1) is 12.9. The van der Waals surface area contributed by atoms with Crippen molar-refractivity contribution in [3.05, 3.63) is 0 Å². The van der Waals surface area contributed by atoms with Crippen LogP contribution in [0.1, 0.15) is 40.5 Å². The van der Waals surface area contributed by atoms with E-state index in [2.05, 4.69) is 13.8 Å². The van der Waals surface area contributed by atoms with Crippen molar-refractivity contribution in [2.75, 3.05) is 20.3 Å². The zero-order valence-corrected chi connectivity index (χ0v) is 10.6. The highest BCUT2D eigenvalue weighted by molar-refractivity contribution is 4.99. The van der Waals surface area contributed by atoms with Crippen LogP contribution in [0.15, 0.2) is 0 Å². The van der Waals surface area contributed by atoms with Crippen LogP contribution in [0.4, 0.5) is 0 Å². The van der Waals surface area contributed by atoms with Crippen LogP contribution in [0, 0.1) is 5.92 Å². The summed E-state index contributed by atoms with van der Waals surface area (Å²) in [5.41, 5.74) is -0.178. The third-order valence-electron chi connectivity index (χ3n) is 3.45. The molecule has 3 nitrogen and oxygen atoms in total. The van der Waals surface area contributed by atoms with Gasteiger partial charge in [-0.05, 0) is 34.1 Å². The zero-order chi connectivity index (χ0) is 11.5. The lowest BCUT2D eigenvalue weighted by molar-refractivity contribution is -0.336. The fourth-order valence-electron chi connectivity index (χ4n) is 2.42. The van der Waals surface area contributed by atoms with Gasteiger partial charge >= 0.3 is 0 Å². The highest BCUT2D eigenvalue weighted by atomic mass is 16.7. The highest BCUT2D eigenvalue weighted by Gasteiger charge is 2.55. The molecule has 1 rings (SSSR count). The molecule has 15 heavy (non-hydrogen) atoms. The van der Waals surface area contributed by atoms with Crippen LogP contribution < -0.4 is 0 Å². The SMILES string of the molecule is CCOC1(OCC)CCC1C(C)(C)OC. The number of methoxy groups -OCH3 is 1. The molecule has 0 amide bonds. The molecule has 1 unspecified atom stereocenters. The Labute approximate surface area is 93.1 Å². The van der Waals surface area contributed by atoms with Gasteiger partial charge in [-0.2, -0.15) is 0 Å². The van der Waals surface area contributed by atoms with Gasteiger partial charge < -0.3 is 14.2 Å². The third kappa shape index (κ3) is 2.35. The molecule has 0 saturated heterocycles. The second kappa shape index (κ2) is 4.81. The first-order valence-electron chi connectivity index (χ1n) is 5.85. The summed E-state index contributed by atoms with van der Waals surface area (Å²) in [5.74, 6) is -0.0712. The Morgan fingerprint density at radius 1 is 1.20 bits per heavy atom. The molecule has 0 radical (unpaired) electrons. The lowest BCUT2D eigenvalue weighted by atomic mass is 9.68. The Bertz CT molecular complexity index is 195. The van der Waals surface area contributed by atoms with E-state index in [9.17, 15) is 0 Å². The predicted octanol–water partition coefficient (Wildman–Crippen LogP) is 2.59. The van der Waals surface area contributed by atoms with Gasteiger partial charge in [-0.25, -0.2) is 0 Å². The van der Waals surface area contributed by atoms with Gasteiger partial charge in [0.15, 0.2) is 5.79 Å². The van der Waals surface area contributed by atoms with Crippen molar-refractivity contribution in [2.45, 2.75) is 51.9 Å². The molecule has 1 aliphatic carbocycles. The van der Waals surface area contributed by atoms with Gasteiger partial charge in [0, 0.05) is 32.7 Å². The Kier molecular flexibility index (Phi) is 4.15. The van der Waals surface area contributed by atoms with Gasteiger partial charge in [0.1, 0.15) is 0 Å². The summed E-state index contributed by atoms with van der Waals surface area (Å²) in [6.45, 7) is 9.60. The predicted molar refractivity (Wildman–Crippen MR) is 59.8 cm³/mol. The minimum Gasteiger partial charge on any atom is -0.378 e. The van der Waals surface area contributed by atoms with E-state index >= 15 is 0 Å². The van der Waals surface area contributed by atoms with Gasteiger partial charge in [0.25, 0.3) is 0 Å². The zero-order valence-electron chi connectivity index (χ0n) is 10.6. The lowest BCUT2D eigenvalue weighted by Crippen LogP contribution is -2.60. The summed E-state index contributed by atoms with van der Waals surface area (Å²) in [7, 11) is 1.75. The van der Waals surface area contributed by atoms with E-state index in [0.29, 0.717) is 19.1 Å². The van der Waals surface area contributed by atoms with Gasteiger partial charge in [0.2, 0.25) is 0 Å². The maximum Gasteiger partial charge on any atom is 0.173 e. The molecule has 0 heterocycles. The van der Waals surface area contributed by atoms with E-state index in [0.717, 1.165) is 12.8 Å². The summed E-state index contributed by atoms with van der Waals surface area (Å²) in [6.07, 6.45) is 2.09. The van der Waals surface area contributed by atoms with Crippen molar-refractivity contribution in [3.8, 4) is 0 Å². The average molecular weight is 216 g/mol. The molecule has 90 valence electrons. The standard InChI is InChI=1S/C12H24O3/c1-6-14-12(15-7-2)9-8-10(12)11(3,4)13-5/h10H,6-9H2,1-5H3. The Balaban J connectivity index is 2.73. The third-order valence-corrected chi connectivity index (χ3v) is 3.45. The summed E-state index contributed by atoms with van der Waals surface area (Å²) in [5, 5.41) is 0. The number of ether oxygens (including phenoxy) is 3. The summed E-state index contributed by atoms with van der Waals surface area (Å²) >= 11 is 0. The Hall–Kier alpha value is -0.120. The molecule has 0 aliphatic heterocycles. The molecular weight excluding hydrogens is 192 g/mol. The van der Waals surface area contributed by atoms with E-state index in [1.165, 1.54) is 0 Å². The van der Waals surface area contributed by atoms with Crippen molar-refractivity contribution in [1.29, 1.82) is 0 Å². The van der Waals surface area contributed by atoms with E-state index in [1.807, 2.05) is 13.8 Å². The number of hydrogen-bond donors (Lipinski definition) is 0. The van der Waals surface area contributed by atoms with Crippen LogP contribution >= 0.6 is 0 Å². The minimum atomic E-state index is -0.400. The normalized spacial score (nSPS) is 25.0. The maximum absolute atomic E-state index is 5.80. The molecule has 0 aromatic carbocycles. The summed E-state index contributed by atoms with van der Waals surface area (Å²) < 4.78 is 17.1. The van der Waals surface area contributed by atoms with E-state index in [4.69, 9.17) is 14.2 Å². The lowest BCUT2D eigenvalue weighted by Gasteiger charge is -2.53. The van der Waals surface area contributed by atoms with Crippen LogP contribution in [-0.2, 0) is 14.2 Å². The monoisotopic (exact) mass is 216 g/mol. The first-order valence-corrected chi connectivity index (χ1v) is 5.85. The topological polar surface area (TPSA) is 27.7 Å². The molecule has 3 heteroatoms. The molecular formula is C12H24O3. The van der Waals surface area contributed by atoms with E-state index in [1.54, 1.807) is 7.11 Å². The molecule has 1 fully saturated rings. The Morgan fingerprint density at radius 2 is 1.73 bits per heavy atom. The van der Waals surface area contributed by atoms with Gasteiger partial charge in [-0.15, -0.1) is 0 Å². The van der Waals surface area contributed by atoms with Crippen LogP contribution in [0.2, 0.25) is 0 Å². The fraction of sp³-hybridized carbons (Fsp3) is 1.00. The van der Waals surface area contributed by atoms with E-state index < -0.39 is 5.79 Å².